The van der Waals surface area contributed by atoms with Gasteiger partial charge in [0.25, 0.3) is 0 Å². The Kier molecular flexibility index (Phi) is 3.76. The molecule has 0 bridgehead atoms. The summed E-state index contributed by atoms with van der Waals surface area (Å²) in [5.41, 5.74) is 1.30. The van der Waals surface area contributed by atoms with Gasteiger partial charge in [0.2, 0.25) is 0 Å². The third-order valence-electron chi connectivity index (χ3n) is 3.11. The van der Waals surface area contributed by atoms with Crippen LogP contribution in [0.25, 0.3) is 0 Å². The number of aryl methyl sites for hydroxylation is 2. The molecule has 84 valence electrons. The first-order chi connectivity index (χ1) is 7.29. The summed E-state index contributed by atoms with van der Waals surface area (Å²) >= 11 is 1.88. The Bertz CT molecular complexity index is 313. The van der Waals surface area contributed by atoms with Crippen LogP contribution in [0.1, 0.15) is 41.8 Å². The molecule has 15 heavy (non-hydrogen) atoms. The van der Waals surface area contributed by atoms with Gasteiger partial charge in [-0.05, 0) is 32.7 Å². The maximum atomic E-state index is 4.70. The molecule has 1 unspecified atom stereocenters. The molecular formula is C12H20N2S. The van der Waals surface area contributed by atoms with Crippen LogP contribution in [0.2, 0.25) is 0 Å². The van der Waals surface area contributed by atoms with E-state index in [0.717, 1.165) is 12.8 Å². The first kappa shape index (κ1) is 11.1. The van der Waals surface area contributed by atoms with E-state index in [1.54, 1.807) is 0 Å². The Morgan fingerprint density at radius 1 is 1.47 bits per heavy atom. The molecule has 1 saturated heterocycles. The highest BCUT2D eigenvalue weighted by atomic mass is 32.1. The Hall–Kier alpha value is -0.410. The molecule has 1 aliphatic heterocycles. The second-order valence-electron chi connectivity index (χ2n) is 4.31. The van der Waals surface area contributed by atoms with Crippen molar-refractivity contribution in [2.75, 3.05) is 6.54 Å². The fourth-order valence-electron chi connectivity index (χ4n) is 2.21. The number of piperidine rings is 1. The van der Waals surface area contributed by atoms with E-state index >= 15 is 0 Å². The highest BCUT2D eigenvalue weighted by Gasteiger charge is 2.15. The van der Waals surface area contributed by atoms with Gasteiger partial charge in [-0.15, -0.1) is 11.3 Å². The summed E-state index contributed by atoms with van der Waals surface area (Å²) < 4.78 is 0. The van der Waals surface area contributed by atoms with Crippen LogP contribution in [-0.4, -0.2) is 17.6 Å². The summed E-state index contributed by atoms with van der Waals surface area (Å²) in [6, 6.07) is 0.675. The topological polar surface area (TPSA) is 24.9 Å². The zero-order valence-electron chi connectivity index (χ0n) is 9.68. The molecule has 1 aromatic heterocycles. The van der Waals surface area contributed by atoms with Crippen LogP contribution in [0.5, 0.6) is 0 Å². The molecule has 1 aromatic rings. The SMILES string of the molecule is CCc1nc(CC2CCCCN2)sc1C. The van der Waals surface area contributed by atoms with Crippen molar-refractivity contribution in [1.29, 1.82) is 0 Å². The van der Waals surface area contributed by atoms with Gasteiger partial charge in [-0.1, -0.05) is 13.3 Å². The molecule has 0 amide bonds. The van der Waals surface area contributed by atoms with Crippen molar-refractivity contribution < 1.29 is 0 Å². The lowest BCUT2D eigenvalue weighted by Crippen LogP contribution is -2.35. The highest BCUT2D eigenvalue weighted by Crippen LogP contribution is 2.21. The maximum absolute atomic E-state index is 4.70. The first-order valence-electron chi connectivity index (χ1n) is 5.98. The van der Waals surface area contributed by atoms with Crippen LogP contribution >= 0.6 is 11.3 Å². The number of rotatable bonds is 3. The van der Waals surface area contributed by atoms with Gasteiger partial charge in [0.05, 0.1) is 10.7 Å². The molecule has 2 heterocycles. The molecule has 3 heteroatoms. The third-order valence-corrected chi connectivity index (χ3v) is 4.14. The van der Waals surface area contributed by atoms with Gasteiger partial charge in [-0.2, -0.15) is 0 Å². The van der Waals surface area contributed by atoms with Crippen LogP contribution in [0.15, 0.2) is 0 Å². The van der Waals surface area contributed by atoms with Crippen molar-refractivity contribution in [3.05, 3.63) is 15.6 Å². The zero-order valence-corrected chi connectivity index (χ0v) is 10.5. The summed E-state index contributed by atoms with van der Waals surface area (Å²) in [6.45, 7) is 5.56. The number of hydrogen-bond acceptors (Lipinski definition) is 3. The molecule has 1 aliphatic rings. The molecule has 0 spiro atoms. The van der Waals surface area contributed by atoms with Crippen LogP contribution in [-0.2, 0) is 12.8 Å². The summed E-state index contributed by atoms with van der Waals surface area (Å²) in [5.74, 6) is 0. The Balaban J connectivity index is 1.97. The maximum Gasteiger partial charge on any atom is 0.0946 e. The van der Waals surface area contributed by atoms with E-state index in [-0.39, 0.29) is 0 Å². The van der Waals surface area contributed by atoms with E-state index in [4.69, 9.17) is 4.98 Å². The van der Waals surface area contributed by atoms with Crippen molar-refractivity contribution in [1.82, 2.24) is 10.3 Å². The van der Waals surface area contributed by atoms with Crippen LogP contribution < -0.4 is 5.32 Å². The van der Waals surface area contributed by atoms with E-state index in [2.05, 4.69) is 19.2 Å². The minimum Gasteiger partial charge on any atom is -0.314 e. The molecule has 0 saturated carbocycles. The predicted molar refractivity (Wildman–Crippen MR) is 65.6 cm³/mol. The first-order valence-corrected chi connectivity index (χ1v) is 6.79. The molecule has 0 radical (unpaired) electrons. The van der Waals surface area contributed by atoms with Gasteiger partial charge in [0.1, 0.15) is 0 Å². The van der Waals surface area contributed by atoms with E-state index < -0.39 is 0 Å². The summed E-state index contributed by atoms with van der Waals surface area (Å²) in [4.78, 5) is 6.11. The summed E-state index contributed by atoms with van der Waals surface area (Å²) in [6.07, 6.45) is 6.24. The summed E-state index contributed by atoms with van der Waals surface area (Å²) in [7, 11) is 0. The van der Waals surface area contributed by atoms with Gasteiger partial charge in [0.15, 0.2) is 0 Å². The number of hydrogen-bond donors (Lipinski definition) is 1. The highest BCUT2D eigenvalue weighted by molar-refractivity contribution is 7.11. The van der Waals surface area contributed by atoms with E-state index in [1.807, 2.05) is 11.3 Å². The second-order valence-corrected chi connectivity index (χ2v) is 5.60. The minimum atomic E-state index is 0.675. The number of nitrogens with one attached hydrogen (secondary N) is 1. The lowest BCUT2D eigenvalue weighted by Gasteiger charge is -2.22. The van der Waals surface area contributed by atoms with Gasteiger partial charge >= 0.3 is 0 Å². The smallest absolute Gasteiger partial charge is 0.0946 e. The zero-order chi connectivity index (χ0) is 10.7. The number of thiazole rings is 1. The molecule has 0 aromatic carbocycles. The third kappa shape index (κ3) is 2.79. The van der Waals surface area contributed by atoms with Crippen molar-refractivity contribution >= 4 is 11.3 Å². The average molecular weight is 224 g/mol. The average Bonchev–Trinajstić information content (AvgIpc) is 2.60. The van der Waals surface area contributed by atoms with Crippen LogP contribution in [0.4, 0.5) is 0 Å². The monoisotopic (exact) mass is 224 g/mol. The van der Waals surface area contributed by atoms with Gasteiger partial charge in [-0.3, -0.25) is 0 Å². The molecular weight excluding hydrogens is 204 g/mol. The largest absolute Gasteiger partial charge is 0.314 e. The fourth-order valence-corrected chi connectivity index (χ4v) is 3.31. The van der Waals surface area contributed by atoms with Crippen molar-refractivity contribution in [2.45, 2.75) is 52.0 Å². The molecule has 2 rings (SSSR count). The predicted octanol–water partition coefficient (Wildman–Crippen LogP) is 2.70. The second kappa shape index (κ2) is 5.08. The van der Waals surface area contributed by atoms with Gasteiger partial charge in [0, 0.05) is 17.3 Å². The quantitative estimate of drug-likeness (QED) is 0.854. The Morgan fingerprint density at radius 2 is 2.33 bits per heavy atom. The van der Waals surface area contributed by atoms with Gasteiger partial charge < -0.3 is 5.32 Å². The van der Waals surface area contributed by atoms with E-state index in [9.17, 15) is 0 Å². The summed E-state index contributed by atoms with van der Waals surface area (Å²) in [5, 5.41) is 4.90. The molecule has 0 aliphatic carbocycles. The van der Waals surface area contributed by atoms with Crippen LogP contribution in [0.3, 0.4) is 0 Å². The van der Waals surface area contributed by atoms with Gasteiger partial charge in [-0.25, -0.2) is 4.98 Å². The molecule has 2 nitrogen and oxygen atoms in total. The van der Waals surface area contributed by atoms with Crippen molar-refractivity contribution in [3.8, 4) is 0 Å². The number of nitrogens with zero attached hydrogens (tertiary/aromatic N) is 1. The molecule has 1 atom stereocenters. The fraction of sp³-hybridized carbons (Fsp3) is 0.750. The molecule has 1 fully saturated rings. The van der Waals surface area contributed by atoms with E-state index in [0.29, 0.717) is 6.04 Å². The Morgan fingerprint density at radius 3 is 2.93 bits per heavy atom. The lowest BCUT2D eigenvalue weighted by atomic mass is 10.0. The van der Waals surface area contributed by atoms with Crippen molar-refractivity contribution in [2.24, 2.45) is 0 Å². The normalized spacial score (nSPS) is 21.9. The van der Waals surface area contributed by atoms with E-state index in [1.165, 1.54) is 41.4 Å². The molecule has 1 N–H and O–H groups in total. The van der Waals surface area contributed by atoms with Crippen molar-refractivity contribution in [3.63, 3.8) is 0 Å². The minimum absolute atomic E-state index is 0.675. The van der Waals surface area contributed by atoms with Crippen LogP contribution in [0, 0.1) is 6.92 Å². The number of aromatic nitrogens is 1. The standard InChI is InChI=1S/C12H20N2S/c1-3-11-9(2)15-12(14-11)8-10-6-4-5-7-13-10/h10,13H,3-8H2,1-2H3. The lowest BCUT2D eigenvalue weighted by molar-refractivity contribution is 0.399. The Labute approximate surface area is 96.1 Å².